The van der Waals surface area contributed by atoms with Gasteiger partial charge < -0.3 is 15.0 Å². The van der Waals surface area contributed by atoms with Crippen LogP contribution in [0.4, 0.5) is 5.69 Å². The standard InChI is InChI=1S/C29H33ClN4O3/c1-19(2)34-16-20(3)26(18-33(4)17-21-8-10-23(30)11-9-21)37-27-24(29(34)36)6-5-7-25(27)32-28(35)22-12-14-31-15-13-22/h5-15,19-20,26H,16-18H2,1-4H3,(H,32,35)/t20-,26+/m0/s1. The maximum absolute atomic E-state index is 13.6. The number of ether oxygens (including phenoxy) is 1. The molecule has 0 saturated heterocycles. The quantitative estimate of drug-likeness (QED) is 0.453. The summed E-state index contributed by atoms with van der Waals surface area (Å²) < 4.78 is 6.61. The van der Waals surface area contributed by atoms with Crippen LogP contribution in [0.5, 0.6) is 5.75 Å². The van der Waals surface area contributed by atoms with E-state index in [1.54, 1.807) is 42.7 Å². The van der Waals surface area contributed by atoms with Gasteiger partial charge in [-0.2, -0.15) is 0 Å². The highest BCUT2D eigenvalue weighted by Crippen LogP contribution is 2.35. The zero-order valence-electron chi connectivity index (χ0n) is 21.6. The minimum Gasteiger partial charge on any atom is -0.486 e. The van der Waals surface area contributed by atoms with Crippen LogP contribution in [0.15, 0.2) is 67.0 Å². The highest BCUT2D eigenvalue weighted by Gasteiger charge is 2.34. The number of fused-ring (bicyclic) bond motifs is 1. The van der Waals surface area contributed by atoms with Crippen LogP contribution in [0.3, 0.4) is 0 Å². The second-order valence-electron chi connectivity index (χ2n) is 9.88. The Kier molecular flexibility index (Phi) is 8.46. The highest BCUT2D eigenvalue weighted by atomic mass is 35.5. The summed E-state index contributed by atoms with van der Waals surface area (Å²) in [7, 11) is 2.05. The average molecular weight is 521 g/mol. The summed E-state index contributed by atoms with van der Waals surface area (Å²) in [6, 6.07) is 16.4. The number of benzene rings is 2. The molecule has 2 aromatic carbocycles. The summed E-state index contributed by atoms with van der Waals surface area (Å²) in [6.07, 6.45) is 2.92. The highest BCUT2D eigenvalue weighted by molar-refractivity contribution is 6.30. The van der Waals surface area contributed by atoms with Crippen molar-refractivity contribution in [2.45, 2.75) is 39.5 Å². The predicted octanol–water partition coefficient (Wildman–Crippen LogP) is 5.37. The lowest BCUT2D eigenvalue weighted by Gasteiger charge is -2.38. The fraction of sp³-hybridized carbons (Fsp3) is 0.345. The van der Waals surface area contributed by atoms with Crippen LogP contribution in [0.2, 0.25) is 5.02 Å². The maximum Gasteiger partial charge on any atom is 0.257 e. The molecule has 7 nitrogen and oxygen atoms in total. The van der Waals surface area contributed by atoms with Crippen molar-refractivity contribution in [1.82, 2.24) is 14.8 Å². The lowest BCUT2D eigenvalue weighted by atomic mass is 9.99. The number of halogens is 1. The zero-order valence-corrected chi connectivity index (χ0v) is 22.4. The molecule has 1 aliphatic rings. The maximum atomic E-state index is 13.6. The minimum atomic E-state index is -0.293. The topological polar surface area (TPSA) is 74.8 Å². The van der Waals surface area contributed by atoms with E-state index in [2.05, 4.69) is 22.1 Å². The van der Waals surface area contributed by atoms with E-state index in [0.29, 0.717) is 40.7 Å². The third kappa shape index (κ3) is 6.48. The molecule has 0 spiro atoms. The van der Waals surface area contributed by atoms with Gasteiger partial charge in [-0.05, 0) is 62.9 Å². The number of nitrogens with one attached hydrogen (secondary N) is 1. The molecule has 2 atom stereocenters. The van der Waals surface area contributed by atoms with E-state index in [4.69, 9.17) is 16.3 Å². The first-order valence-electron chi connectivity index (χ1n) is 12.5. The SMILES string of the molecule is CC(C)N1C[C@H](C)[C@@H](CN(C)Cc2ccc(Cl)cc2)Oc2c(NC(=O)c3ccncc3)cccc2C1=O. The van der Waals surface area contributed by atoms with Crippen LogP contribution < -0.4 is 10.1 Å². The van der Waals surface area contributed by atoms with Gasteiger partial charge in [-0.25, -0.2) is 0 Å². The first kappa shape index (κ1) is 26.6. The molecule has 4 rings (SSSR count). The lowest BCUT2D eigenvalue weighted by molar-refractivity contribution is 0.0433. The van der Waals surface area contributed by atoms with Crippen molar-refractivity contribution < 1.29 is 14.3 Å². The Bertz CT molecular complexity index is 1230. The van der Waals surface area contributed by atoms with Gasteiger partial charge in [-0.15, -0.1) is 0 Å². The summed E-state index contributed by atoms with van der Waals surface area (Å²) >= 11 is 6.05. The Morgan fingerprint density at radius 3 is 2.54 bits per heavy atom. The zero-order chi connectivity index (χ0) is 26.5. The first-order valence-corrected chi connectivity index (χ1v) is 12.9. The van der Waals surface area contributed by atoms with Crippen molar-refractivity contribution in [3.63, 3.8) is 0 Å². The van der Waals surface area contributed by atoms with E-state index in [9.17, 15) is 9.59 Å². The molecule has 1 aromatic heterocycles. The average Bonchev–Trinajstić information content (AvgIpc) is 2.88. The molecule has 8 heteroatoms. The molecule has 2 amide bonds. The molecule has 1 aliphatic heterocycles. The van der Waals surface area contributed by atoms with Crippen LogP contribution in [0, 0.1) is 5.92 Å². The molecular formula is C29H33ClN4O3. The van der Waals surface area contributed by atoms with E-state index >= 15 is 0 Å². The second-order valence-corrected chi connectivity index (χ2v) is 10.3. The number of para-hydroxylation sites is 1. The lowest BCUT2D eigenvalue weighted by Crippen LogP contribution is -2.48. The van der Waals surface area contributed by atoms with E-state index < -0.39 is 0 Å². The fourth-order valence-corrected chi connectivity index (χ4v) is 4.62. The number of carbonyl (C=O) groups is 2. The molecule has 0 aliphatic carbocycles. The molecule has 37 heavy (non-hydrogen) atoms. The molecule has 0 saturated carbocycles. The number of pyridine rings is 1. The molecule has 0 unspecified atom stereocenters. The molecule has 1 N–H and O–H groups in total. The van der Waals surface area contributed by atoms with Crippen molar-refractivity contribution >= 4 is 29.1 Å². The monoisotopic (exact) mass is 520 g/mol. The van der Waals surface area contributed by atoms with Crippen LogP contribution in [0.1, 0.15) is 47.1 Å². The summed E-state index contributed by atoms with van der Waals surface area (Å²) in [5.41, 5.74) is 2.53. The summed E-state index contributed by atoms with van der Waals surface area (Å²) in [5, 5.41) is 3.65. The number of hydrogen-bond acceptors (Lipinski definition) is 5. The van der Waals surface area contributed by atoms with Crippen molar-refractivity contribution in [2.24, 2.45) is 5.92 Å². The van der Waals surface area contributed by atoms with Crippen LogP contribution in [-0.2, 0) is 6.54 Å². The number of rotatable bonds is 7. The van der Waals surface area contributed by atoms with Crippen LogP contribution in [0.25, 0.3) is 0 Å². The van der Waals surface area contributed by atoms with Crippen LogP contribution >= 0.6 is 11.6 Å². The van der Waals surface area contributed by atoms with E-state index in [0.717, 1.165) is 12.1 Å². The second kappa shape index (κ2) is 11.8. The summed E-state index contributed by atoms with van der Waals surface area (Å²) in [5.74, 6) is 0.0528. The molecule has 0 radical (unpaired) electrons. The van der Waals surface area contributed by atoms with Crippen LogP contribution in [-0.4, -0.2) is 58.9 Å². The molecule has 0 bridgehead atoms. The van der Waals surface area contributed by atoms with Gasteiger partial charge in [0.05, 0.1) is 11.3 Å². The van der Waals surface area contributed by atoms with Gasteiger partial charge in [0.1, 0.15) is 6.10 Å². The number of nitrogens with zero attached hydrogens (tertiary/aromatic N) is 3. The van der Waals surface area contributed by atoms with Gasteiger partial charge in [-0.1, -0.05) is 36.7 Å². The predicted molar refractivity (Wildman–Crippen MR) is 146 cm³/mol. The molecule has 3 aromatic rings. The summed E-state index contributed by atoms with van der Waals surface area (Å²) in [4.78, 5) is 34.6. The number of carbonyl (C=O) groups excluding carboxylic acids is 2. The third-order valence-electron chi connectivity index (χ3n) is 6.57. The molecule has 194 valence electrons. The summed E-state index contributed by atoms with van der Waals surface area (Å²) in [6.45, 7) is 8.07. The first-order chi connectivity index (χ1) is 17.7. The molecular weight excluding hydrogens is 488 g/mol. The van der Waals surface area contributed by atoms with Gasteiger partial charge in [0.15, 0.2) is 5.75 Å². The Hall–Kier alpha value is -3.42. The third-order valence-corrected chi connectivity index (χ3v) is 6.82. The van der Waals surface area contributed by atoms with E-state index in [-0.39, 0.29) is 29.9 Å². The van der Waals surface area contributed by atoms with E-state index in [1.165, 1.54) is 0 Å². The number of aromatic nitrogens is 1. The van der Waals surface area contributed by atoms with Gasteiger partial charge >= 0.3 is 0 Å². The van der Waals surface area contributed by atoms with Crippen molar-refractivity contribution in [3.05, 3.63) is 88.7 Å². The number of likely N-dealkylation sites (N-methyl/N-ethyl adjacent to an activating group) is 1. The Morgan fingerprint density at radius 1 is 1.16 bits per heavy atom. The number of anilines is 1. The van der Waals surface area contributed by atoms with Crippen molar-refractivity contribution in [3.8, 4) is 5.75 Å². The van der Waals surface area contributed by atoms with Gasteiger partial charge in [-0.3, -0.25) is 19.5 Å². The van der Waals surface area contributed by atoms with Gasteiger partial charge in [0.2, 0.25) is 0 Å². The number of hydrogen-bond donors (Lipinski definition) is 1. The van der Waals surface area contributed by atoms with Gasteiger partial charge in [0.25, 0.3) is 11.8 Å². The largest absolute Gasteiger partial charge is 0.486 e. The Balaban J connectivity index is 1.65. The normalized spacial score (nSPS) is 17.7. The molecule has 2 heterocycles. The van der Waals surface area contributed by atoms with Crippen molar-refractivity contribution in [1.29, 1.82) is 0 Å². The minimum absolute atomic E-state index is 0.0170. The Morgan fingerprint density at radius 2 is 1.86 bits per heavy atom. The Labute approximate surface area is 223 Å². The van der Waals surface area contributed by atoms with E-state index in [1.807, 2.05) is 50.1 Å². The number of amides is 2. The molecule has 0 fully saturated rings. The fourth-order valence-electron chi connectivity index (χ4n) is 4.50. The smallest absolute Gasteiger partial charge is 0.257 e. The van der Waals surface area contributed by atoms with Crippen molar-refractivity contribution in [2.75, 3.05) is 25.5 Å². The van der Waals surface area contributed by atoms with Gasteiger partial charge in [0, 0.05) is 54.6 Å².